The summed E-state index contributed by atoms with van der Waals surface area (Å²) in [4.78, 5) is 26.1. The number of benzene rings is 1. The Bertz CT molecular complexity index is 561. The smallest absolute Gasteiger partial charge is 0.261 e. The highest BCUT2D eigenvalue weighted by Crippen LogP contribution is 2.38. The Balaban J connectivity index is 2.04. The third-order valence-electron chi connectivity index (χ3n) is 3.72. The van der Waals surface area contributed by atoms with Gasteiger partial charge < -0.3 is 4.74 Å². The molecule has 4 heteroatoms. The molecule has 3 rings (SSSR count). The SMILES string of the molecule is COc1ccccc1N1C(=O)C2=C(CCCC2)C1=O. The van der Waals surface area contributed by atoms with Crippen LogP contribution in [-0.2, 0) is 9.59 Å². The first kappa shape index (κ1) is 12.0. The van der Waals surface area contributed by atoms with Gasteiger partial charge in [-0.3, -0.25) is 9.59 Å². The Morgan fingerprint density at radius 1 is 1.00 bits per heavy atom. The number of carbonyl (C=O) groups excluding carboxylic acids is 2. The van der Waals surface area contributed by atoms with Crippen LogP contribution in [-0.4, -0.2) is 18.9 Å². The Kier molecular flexibility index (Phi) is 2.85. The average Bonchev–Trinajstić information content (AvgIpc) is 2.71. The number of ether oxygens (including phenoxy) is 1. The number of amides is 2. The number of methoxy groups -OCH3 is 1. The molecule has 2 amide bonds. The van der Waals surface area contributed by atoms with Gasteiger partial charge in [0, 0.05) is 11.1 Å². The highest BCUT2D eigenvalue weighted by atomic mass is 16.5. The van der Waals surface area contributed by atoms with E-state index in [1.165, 1.54) is 12.0 Å². The maximum absolute atomic E-state index is 12.4. The minimum absolute atomic E-state index is 0.177. The van der Waals surface area contributed by atoms with E-state index >= 15 is 0 Å². The number of carbonyl (C=O) groups is 2. The Morgan fingerprint density at radius 2 is 1.58 bits per heavy atom. The second-order valence-corrected chi connectivity index (χ2v) is 4.78. The molecule has 1 aromatic rings. The van der Waals surface area contributed by atoms with Crippen molar-refractivity contribution in [2.45, 2.75) is 25.7 Å². The van der Waals surface area contributed by atoms with Crippen molar-refractivity contribution in [3.05, 3.63) is 35.4 Å². The number of nitrogens with zero attached hydrogens (tertiary/aromatic N) is 1. The van der Waals surface area contributed by atoms with E-state index in [0.29, 0.717) is 35.4 Å². The Labute approximate surface area is 111 Å². The zero-order valence-corrected chi connectivity index (χ0v) is 10.8. The maximum Gasteiger partial charge on any atom is 0.261 e. The van der Waals surface area contributed by atoms with Crippen LogP contribution in [0.25, 0.3) is 0 Å². The van der Waals surface area contributed by atoms with Crippen molar-refractivity contribution in [3.63, 3.8) is 0 Å². The van der Waals surface area contributed by atoms with Gasteiger partial charge >= 0.3 is 0 Å². The van der Waals surface area contributed by atoms with Crippen molar-refractivity contribution in [1.82, 2.24) is 0 Å². The molecule has 0 saturated heterocycles. The molecule has 19 heavy (non-hydrogen) atoms. The van der Waals surface area contributed by atoms with Crippen LogP contribution in [0.5, 0.6) is 5.75 Å². The third-order valence-corrected chi connectivity index (χ3v) is 3.72. The molecule has 4 nitrogen and oxygen atoms in total. The fourth-order valence-corrected chi connectivity index (χ4v) is 2.77. The molecule has 1 aliphatic carbocycles. The summed E-state index contributed by atoms with van der Waals surface area (Å²) in [5.74, 6) is 0.192. The molecule has 1 heterocycles. The van der Waals surface area contributed by atoms with Crippen molar-refractivity contribution in [1.29, 1.82) is 0 Å². The lowest BCUT2D eigenvalue weighted by atomic mass is 9.93. The van der Waals surface area contributed by atoms with Gasteiger partial charge in [-0.05, 0) is 37.8 Å². The summed E-state index contributed by atoms with van der Waals surface area (Å²) in [6.07, 6.45) is 3.40. The highest BCUT2D eigenvalue weighted by Gasteiger charge is 2.40. The van der Waals surface area contributed by atoms with Crippen LogP contribution in [0.1, 0.15) is 25.7 Å². The topological polar surface area (TPSA) is 46.6 Å². The standard InChI is InChI=1S/C15H15NO3/c1-19-13-9-5-4-8-12(13)16-14(17)10-6-2-3-7-11(10)15(16)18/h4-5,8-9H,2-3,6-7H2,1H3. The molecule has 1 aliphatic heterocycles. The van der Waals surface area contributed by atoms with Crippen molar-refractivity contribution in [3.8, 4) is 5.75 Å². The number of para-hydroxylation sites is 2. The van der Waals surface area contributed by atoms with Crippen molar-refractivity contribution >= 4 is 17.5 Å². The van der Waals surface area contributed by atoms with E-state index in [2.05, 4.69) is 0 Å². The van der Waals surface area contributed by atoms with Crippen LogP contribution in [0.3, 0.4) is 0 Å². The second kappa shape index (κ2) is 4.53. The lowest BCUT2D eigenvalue weighted by Crippen LogP contribution is -2.31. The van der Waals surface area contributed by atoms with Crippen LogP contribution in [0, 0.1) is 0 Å². The van der Waals surface area contributed by atoms with Gasteiger partial charge in [0.1, 0.15) is 5.75 Å². The first-order valence-corrected chi connectivity index (χ1v) is 6.48. The minimum Gasteiger partial charge on any atom is -0.495 e. The first-order chi connectivity index (χ1) is 9.24. The molecule has 0 atom stereocenters. The number of anilines is 1. The number of hydrogen-bond donors (Lipinski definition) is 0. The molecule has 0 aromatic heterocycles. The predicted octanol–water partition coefficient (Wildman–Crippen LogP) is 2.44. The molecule has 98 valence electrons. The minimum atomic E-state index is -0.177. The summed E-state index contributed by atoms with van der Waals surface area (Å²) in [6, 6.07) is 7.12. The Hall–Kier alpha value is -2.10. The first-order valence-electron chi connectivity index (χ1n) is 6.48. The molecule has 0 radical (unpaired) electrons. The van der Waals surface area contributed by atoms with Crippen molar-refractivity contribution < 1.29 is 14.3 Å². The van der Waals surface area contributed by atoms with E-state index < -0.39 is 0 Å². The molecule has 0 N–H and O–H groups in total. The van der Waals surface area contributed by atoms with Gasteiger partial charge in [-0.1, -0.05) is 12.1 Å². The van der Waals surface area contributed by atoms with E-state index in [9.17, 15) is 9.59 Å². The summed E-state index contributed by atoms with van der Waals surface area (Å²) >= 11 is 0. The fourth-order valence-electron chi connectivity index (χ4n) is 2.77. The summed E-state index contributed by atoms with van der Waals surface area (Å²) in [6.45, 7) is 0. The number of imide groups is 1. The zero-order valence-electron chi connectivity index (χ0n) is 10.8. The summed E-state index contributed by atoms with van der Waals surface area (Å²) in [5, 5.41) is 0. The molecular formula is C15H15NO3. The van der Waals surface area contributed by atoms with Gasteiger partial charge in [0.2, 0.25) is 0 Å². The van der Waals surface area contributed by atoms with Crippen LogP contribution in [0.15, 0.2) is 35.4 Å². The Morgan fingerprint density at radius 3 is 2.16 bits per heavy atom. The van der Waals surface area contributed by atoms with Crippen LogP contribution < -0.4 is 9.64 Å². The van der Waals surface area contributed by atoms with E-state index in [0.717, 1.165) is 12.8 Å². The molecule has 0 saturated carbocycles. The van der Waals surface area contributed by atoms with Gasteiger partial charge in [0.15, 0.2) is 0 Å². The van der Waals surface area contributed by atoms with Gasteiger partial charge in [0.25, 0.3) is 11.8 Å². The van der Waals surface area contributed by atoms with E-state index in [4.69, 9.17) is 4.74 Å². The number of rotatable bonds is 2. The second-order valence-electron chi connectivity index (χ2n) is 4.78. The summed E-state index contributed by atoms with van der Waals surface area (Å²) in [7, 11) is 1.54. The van der Waals surface area contributed by atoms with Crippen LogP contribution >= 0.6 is 0 Å². The molecule has 0 fully saturated rings. The molecule has 0 bridgehead atoms. The van der Waals surface area contributed by atoms with Crippen molar-refractivity contribution in [2.75, 3.05) is 12.0 Å². The van der Waals surface area contributed by atoms with Crippen molar-refractivity contribution in [2.24, 2.45) is 0 Å². The largest absolute Gasteiger partial charge is 0.495 e. The lowest BCUT2D eigenvalue weighted by molar-refractivity contribution is -0.120. The number of hydrogen-bond acceptors (Lipinski definition) is 3. The molecule has 2 aliphatic rings. The highest BCUT2D eigenvalue weighted by molar-refractivity contribution is 6.33. The maximum atomic E-state index is 12.4. The third kappa shape index (κ3) is 1.75. The van der Waals surface area contributed by atoms with Gasteiger partial charge in [-0.15, -0.1) is 0 Å². The average molecular weight is 257 g/mol. The molecule has 1 aromatic carbocycles. The molecule has 0 unspecified atom stereocenters. The molecule has 0 spiro atoms. The summed E-state index contributed by atoms with van der Waals surface area (Å²) in [5.41, 5.74) is 1.93. The van der Waals surface area contributed by atoms with E-state index in [1.54, 1.807) is 18.2 Å². The summed E-state index contributed by atoms with van der Waals surface area (Å²) < 4.78 is 5.24. The van der Waals surface area contributed by atoms with Crippen LogP contribution in [0.2, 0.25) is 0 Å². The van der Waals surface area contributed by atoms with E-state index in [-0.39, 0.29) is 11.8 Å². The monoisotopic (exact) mass is 257 g/mol. The van der Waals surface area contributed by atoms with Gasteiger partial charge in [0.05, 0.1) is 12.8 Å². The fraction of sp³-hybridized carbons (Fsp3) is 0.333. The zero-order chi connectivity index (χ0) is 13.4. The van der Waals surface area contributed by atoms with Gasteiger partial charge in [-0.25, -0.2) is 4.90 Å². The van der Waals surface area contributed by atoms with E-state index in [1.807, 2.05) is 6.07 Å². The predicted molar refractivity (Wildman–Crippen MR) is 71.0 cm³/mol. The van der Waals surface area contributed by atoms with Gasteiger partial charge in [-0.2, -0.15) is 0 Å². The quantitative estimate of drug-likeness (QED) is 0.764. The lowest BCUT2D eigenvalue weighted by Gasteiger charge is -2.17. The normalized spacial score (nSPS) is 18.9. The van der Waals surface area contributed by atoms with Crippen LogP contribution in [0.4, 0.5) is 5.69 Å². The molecular weight excluding hydrogens is 242 g/mol.